The molecule has 0 radical (unpaired) electrons. The molecule has 2 rings (SSSR count). The quantitative estimate of drug-likeness (QED) is 0.575. The molecule has 1 atom stereocenters. The monoisotopic (exact) mass is 208 g/mol. The third-order valence-electron chi connectivity index (χ3n) is 2.06. The molecule has 0 nitrogen and oxygen atoms in total. The highest BCUT2D eigenvalue weighted by Gasteiger charge is 2.25. The Morgan fingerprint density at radius 2 is 2.00 bits per heavy atom. The maximum absolute atomic E-state index is 3.65. The van der Waals surface area contributed by atoms with Crippen molar-refractivity contribution in [1.82, 2.24) is 0 Å². The second-order valence-electron chi connectivity index (χ2n) is 3.00. The van der Waals surface area contributed by atoms with Crippen molar-refractivity contribution in [3.05, 3.63) is 41.5 Å². The van der Waals surface area contributed by atoms with Gasteiger partial charge in [-0.05, 0) is 18.1 Å². The predicted molar refractivity (Wildman–Crippen MR) is 51.8 cm³/mol. The summed E-state index contributed by atoms with van der Waals surface area (Å²) in [7, 11) is 0. The predicted octanol–water partition coefficient (Wildman–Crippen LogP) is 3.32. The molecule has 0 saturated heterocycles. The van der Waals surface area contributed by atoms with Gasteiger partial charge < -0.3 is 0 Å². The van der Waals surface area contributed by atoms with E-state index in [0.29, 0.717) is 0 Å². The third-order valence-corrected chi connectivity index (χ3v) is 2.75. The van der Waals surface area contributed by atoms with Crippen LogP contribution in [0.4, 0.5) is 0 Å². The second-order valence-corrected chi connectivity index (χ2v) is 4.64. The number of rotatable bonds is 0. The van der Waals surface area contributed by atoms with Gasteiger partial charge in [-0.15, -0.1) is 0 Å². The Morgan fingerprint density at radius 1 is 1.27 bits per heavy atom. The molecule has 0 heterocycles. The molecular formula is C10H9Br. The third kappa shape index (κ3) is 1.04. The zero-order chi connectivity index (χ0) is 7.90. The van der Waals surface area contributed by atoms with E-state index in [9.17, 15) is 0 Å². The van der Waals surface area contributed by atoms with E-state index in [-0.39, 0.29) is 4.32 Å². The Morgan fingerprint density at radius 3 is 2.73 bits per heavy atom. The van der Waals surface area contributed by atoms with E-state index in [4.69, 9.17) is 0 Å². The minimum atomic E-state index is 0.0591. The van der Waals surface area contributed by atoms with Crippen molar-refractivity contribution in [1.29, 1.82) is 0 Å². The first-order chi connectivity index (χ1) is 5.20. The highest BCUT2D eigenvalue weighted by molar-refractivity contribution is 9.09. The molecule has 0 aliphatic heterocycles. The molecule has 1 unspecified atom stereocenters. The minimum Gasteiger partial charge on any atom is -0.0758 e. The van der Waals surface area contributed by atoms with Gasteiger partial charge in [0.1, 0.15) is 0 Å². The lowest BCUT2D eigenvalue weighted by Gasteiger charge is -2.14. The van der Waals surface area contributed by atoms with Crippen LogP contribution in [-0.4, -0.2) is 0 Å². The molecule has 0 fully saturated rings. The number of benzene rings is 1. The molecule has 1 aromatic carbocycles. The molecule has 0 N–H and O–H groups in total. The van der Waals surface area contributed by atoms with Crippen molar-refractivity contribution in [2.45, 2.75) is 11.2 Å². The van der Waals surface area contributed by atoms with Crippen LogP contribution in [0.25, 0.3) is 6.08 Å². The molecule has 1 aromatic rings. The van der Waals surface area contributed by atoms with Gasteiger partial charge in [-0.2, -0.15) is 0 Å². The molecule has 1 aliphatic carbocycles. The molecule has 56 valence electrons. The summed E-state index contributed by atoms with van der Waals surface area (Å²) in [6, 6.07) is 8.44. The van der Waals surface area contributed by atoms with Crippen molar-refractivity contribution >= 4 is 22.0 Å². The average molecular weight is 209 g/mol. The molecule has 0 spiro atoms. The lowest BCUT2D eigenvalue weighted by atomic mass is 10.0. The molecule has 11 heavy (non-hydrogen) atoms. The summed E-state index contributed by atoms with van der Waals surface area (Å²) in [4.78, 5) is 0. The van der Waals surface area contributed by atoms with Crippen molar-refractivity contribution < 1.29 is 0 Å². The summed E-state index contributed by atoms with van der Waals surface area (Å²) >= 11 is 3.65. The largest absolute Gasteiger partial charge is 0.0758 e. The SMILES string of the molecule is CC1(Br)C=Cc2ccccc21. The molecule has 0 bridgehead atoms. The van der Waals surface area contributed by atoms with E-state index in [1.165, 1.54) is 11.1 Å². The van der Waals surface area contributed by atoms with Crippen molar-refractivity contribution in [3.8, 4) is 0 Å². The van der Waals surface area contributed by atoms with Crippen molar-refractivity contribution in [2.24, 2.45) is 0 Å². The van der Waals surface area contributed by atoms with Gasteiger partial charge >= 0.3 is 0 Å². The number of alkyl halides is 1. The first-order valence-corrected chi connectivity index (χ1v) is 4.47. The Labute approximate surface area is 75.1 Å². The minimum absolute atomic E-state index is 0.0591. The summed E-state index contributed by atoms with van der Waals surface area (Å²) in [5.41, 5.74) is 2.69. The number of allylic oxidation sites excluding steroid dienone is 1. The summed E-state index contributed by atoms with van der Waals surface area (Å²) in [5, 5.41) is 0. The number of halogens is 1. The fourth-order valence-electron chi connectivity index (χ4n) is 1.42. The fourth-order valence-corrected chi connectivity index (χ4v) is 1.92. The van der Waals surface area contributed by atoms with E-state index in [1.807, 2.05) is 0 Å². The number of hydrogen-bond donors (Lipinski definition) is 0. The van der Waals surface area contributed by atoms with Gasteiger partial charge in [-0.1, -0.05) is 52.3 Å². The van der Waals surface area contributed by atoms with E-state index in [2.05, 4.69) is 59.3 Å². The summed E-state index contributed by atoms with van der Waals surface area (Å²) in [5.74, 6) is 0. The number of fused-ring (bicyclic) bond motifs is 1. The maximum Gasteiger partial charge on any atom is 0.0666 e. The van der Waals surface area contributed by atoms with Gasteiger partial charge in [0.2, 0.25) is 0 Å². The molecule has 1 heteroatoms. The van der Waals surface area contributed by atoms with Crippen LogP contribution in [0.2, 0.25) is 0 Å². The molecule has 0 amide bonds. The lowest BCUT2D eigenvalue weighted by Crippen LogP contribution is -2.05. The fraction of sp³-hybridized carbons (Fsp3) is 0.200. The van der Waals surface area contributed by atoms with E-state index < -0.39 is 0 Å². The zero-order valence-electron chi connectivity index (χ0n) is 6.34. The van der Waals surface area contributed by atoms with Gasteiger partial charge in [0.05, 0.1) is 4.32 Å². The van der Waals surface area contributed by atoms with Gasteiger partial charge in [-0.3, -0.25) is 0 Å². The lowest BCUT2D eigenvalue weighted by molar-refractivity contribution is 0.923. The zero-order valence-corrected chi connectivity index (χ0v) is 7.93. The number of hydrogen-bond acceptors (Lipinski definition) is 0. The second kappa shape index (κ2) is 2.21. The smallest absolute Gasteiger partial charge is 0.0666 e. The van der Waals surface area contributed by atoms with Gasteiger partial charge in [0.25, 0.3) is 0 Å². The summed E-state index contributed by atoms with van der Waals surface area (Å²) in [6.07, 6.45) is 4.34. The highest BCUT2D eigenvalue weighted by atomic mass is 79.9. The molecule has 0 saturated carbocycles. The Bertz CT molecular complexity index is 310. The molecular weight excluding hydrogens is 200 g/mol. The van der Waals surface area contributed by atoms with Gasteiger partial charge in [-0.25, -0.2) is 0 Å². The van der Waals surface area contributed by atoms with Crippen LogP contribution in [0.3, 0.4) is 0 Å². The van der Waals surface area contributed by atoms with Crippen LogP contribution in [0.15, 0.2) is 30.3 Å². The standard InChI is InChI=1S/C10H9Br/c1-10(11)7-6-8-4-2-3-5-9(8)10/h2-7H,1H3. The average Bonchev–Trinajstić information content (AvgIpc) is 2.29. The maximum atomic E-state index is 3.65. The molecule has 1 aliphatic rings. The van der Waals surface area contributed by atoms with Crippen LogP contribution in [0, 0.1) is 0 Å². The van der Waals surface area contributed by atoms with Crippen LogP contribution < -0.4 is 0 Å². The normalized spacial score (nSPS) is 27.1. The molecule has 0 aromatic heterocycles. The van der Waals surface area contributed by atoms with Gasteiger partial charge in [0, 0.05) is 0 Å². The van der Waals surface area contributed by atoms with Crippen LogP contribution in [0.5, 0.6) is 0 Å². The Kier molecular flexibility index (Phi) is 1.43. The summed E-state index contributed by atoms with van der Waals surface area (Å²) < 4.78 is 0.0591. The van der Waals surface area contributed by atoms with E-state index in [1.54, 1.807) is 0 Å². The van der Waals surface area contributed by atoms with Crippen LogP contribution in [0.1, 0.15) is 18.1 Å². The van der Waals surface area contributed by atoms with E-state index in [0.717, 1.165) is 0 Å². The Hall–Kier alpha value is -0.560. The van der Waals surface area contributed by atoms with Crippen LogP contribution >= 0.6 is 15.9 Å². The van der Waals surface area contributed by atoms with Crippen molar-refractivity contribution in [3.63, 3.8) is 0 Å². The van der Waals surface area contributed by atoms with Crippen molar-refractivity contribution in [2.75, 3.05) is 0 Å². The van der Waals surface area contributed by atoms with Gasteiger partial charge in [0.15, 0.2) is 0 Å². The highest BCUT2D eigenvalue weighted by Crippen LogP contribution is 2.40. The first-order valence-electron chi connectivity index (χ1n) is 3.68. The Balaban J connectivity index is 2.64. The van der Waals surface area contributed by atoms with E-state index >= 15 is 0 Å². The topological polar surface area (TPSA) is 0 Å². The van der Waals surface area contributed by atoms with Crippen LogP contribution in [-0.2, 0) is 4.32 Å². The first kappa shape index (κ1) is 7.11. The summed E-state index contributed by atoms with van der Waals surface area (Å²) in [6.45, 7) is 2.16.